The van der Waals surface area contributed by atoms with Gasteiger partial charge in [-0.3, -0.25) is 9.59 Å². The first-order valence-corrected chi connectivity index (χ1v) is 9.74. The van der Waals surface area contributed by atoms with Crippen molar-refractivity contribution in [3.63, 3.8) is 0 Å². The molecule has 4 aliphatic rings. The Hall–Kier alpha value is -2.54. The van der Waals surface area contributed by atoms with Crippen LogP contribution < -0.4 is 10.6 Å². The smallest absolute Gasteiger partial charge is 0.315 e. The van der Waals surface area contributed by atoms with E-state index >= 15 is 0 Å². The molecule has 1 aromatic rings. The van der Waals surface area contributed by atoms with Crippen LogP contribution in [0.25, 0.3) is 0 Å². The van der Waals surface area contributed by atoms with E-state index in [1.54, 1.807) is 0 Å². The molecule has 3 heterocycles. The fraction of sp³-hybridized carbons (Fsp3) is 0.524. The van der Waals surface area contributed by atoms with Gasteiger partial charge in [-0.1, -0.05) is 30.7 Å². The average molecular weight is 384 g/mol. The number of carbonyl (C=O) groups excluding carboxylic acids is 2. The molecule has 148 valence electrons. The van der Waals surface area contributed by atoms with E-state index in [0.29, 0.717) is 6.42 Å². The Morgan fingerprint density at radius 3 is 2.89 bits per heavy atom. The normalized spacial score (nSPS) is 39.5. The highest BCUT2D eigenvalue weighted by atomic mass is 16.6. The van der Waals surface area contributed by atoms with Gasteiger partial charge in [0.1, 0.15) is 5.41 Å². The van der Waals surface area contributed by atoms with Gasteiger partial charge in [0, 0.05) is 11.6 Å². The lowest BCUT2D eigenvalue weighted by atomic mass is 9.44. The van der Waals surface area contributed by atoms with Gasteiger partial charge in [0.25, 0.3) is 0 Å². The monoisotopic (exact) mass is 384 g/mol. The third-order valence-corrected chi connectivity index (χ3v) is 7.47. The van der Waals surface area contributed by atoms with Gasteiger partial charge in [0.05, 0.1) is 31.6 Å². The number of para-hydroxylation sites is 1. The van der Waals surface area contributed by atoms with E-state index in [4.69, 9.17) is 9.47 Å². The summed E-state index contributed by atoms with van der Waals surface area (Å²) < 4.78 is 11.3. The molecule has 5 atom stereocenters. The van der Waals surface area contributed by atoms with Crippen LogP contribution in [0.3, 0.4) is 0 Å². The summed E-state index contributed by atoms with van der Waals surface area (Å²) >= 11 is 0. The van der Waals surface area contributed by atoms with Crippen molar-refractivity contribution in [2.75, 3.05) is 19.0 Å². The standard InChI is InChI=1S/C21H24N2O5/c1-3-12-10-22-16-8-14(12)19(11-24,18(26)27-2)20-9-17(25)28-21(16,20)23-15-7-5-4-6-13(15)20/h4-7,10,14,16,22-24H,3,8-9,11H2,1-2H3/t14-,16-,19-,20-,21-/m0/s1. The molecule has 5 rings (SSSR count). The van der Waals surface area contributed by atoms with Gasteiger partial charge in [0.2, 0.25) is 5.72 Å². The average Bonchev–Trinajstić information content (AvgIpc) is 3.17. The number of aliphatic hydroxyl groups excluding tert-OH is 1. The third-order valence-electron chi connectivity index (χ3n) is 7.47. The SMILES string of the molecule is CCC1=CN[C@H]2C[C@@H]1[C@@](CO)(C(=O)OC)[C@@]13CC(=O)O[C@@]21Nc1ccccc13. The van der Waals surface area contributed by atoms with Crippen molar-refractivity contribution in [1.29, 1.82) is 0 Å². The molecule has 1 aliphatic carbocycles. The van der Waals surface area contributed by atoms with E-state index in [1.807, 2.05) is 37.4 Å². The van der Waals surface area contributed by atoms with Gasteiger partial charge < -0.3 is 25.2 Å². The summed E-state index contributed by atoms with van der Waals surface area (Å²) in [6.07, 6.45) is 3.22. The van der Waals surface area contributed by atoms with Crippen LogP contribution >= 0.6 is 0 Å². The molecule has 3 aliphatic heterocycles. The maximum absolute atomic E-state index is 13.5. The van der Waals surface area contributed by atoms with Gasteiger partial charge >= 0.3 is 11.9 Å². The minimum absolute atomic E-state index is 0.0122. The van der Waals surface area contributed by atoms with Crippen LogP contribution in [0.4, 0.5) is 5.69 Å². The molecule has 0 radical (unpaired) electrons. The Balaban J connectivity index is 1.90. The minimum Gasteiger partial charge on any atom is -0.468 e. The highest BCUT2D eigenvalue weighted by Crippen LogP contribution is 2.71. The maximum Gasteiger partial charge on any atom is 0.315 e. The molecule has 0 amide bonds. The Morgan fingerprint density at radius 1 is 1.39 bits per heavy atom. The Kier molecular flexibility index (Phi) is 3.45. The van der Waals surface area contributed by atoms with E-state index in [2.05, 4.69) is 10.6 Å². The van der Waals surface area contributed by atoms with E-state index in [1.165, 1.54) is 7.11 Å². The van der Waals surface area contributed by atoms with Crippen LogP contribution in [0, 0.1) is 11.3 Å². The molecule has 2 fully saturated rings. The van der Waals surface area contributed by atoms with Crippen molar-refractivity contribution >= 4 is 17.6 Å². The molecular formula is C21H24N2O5. The zero-order valence-corrected chi connectivity index (χ0v) is 16.0. The Bertz CT molecular complexity index is 914. The largest absolute Gasteiger partial charge is 0.468 e. The third kappa shape index (κ3) is 1.62. The number of aliphatic hydroxyl groups is 1. The minimum atomic E-state index is -1.33. The van der Waals surface area contributed by atoms with Crippen molar-refractivity contribution in [1.82, 2.24) is 5.32 Å². The number of anilines is 1. The zero-order chi connectivity index (χ0) is 19.7. The number of nitrogens with one attached hydrogen (secondary N) is 2. The van der Waals surface area contributed by atoms with Gasteiger partial charge in [-0.2, -0.15) is 0 Å². The summed E-state index contributed by atoms with van der Waals surface area (Å²) in [4.78, 5) is 26.2. The molecule has 0 spiro atoms. The van der Waals surface area contributed by atoms with Crippen LogP contribution in [0.15, 0.2) is 36.0 Å². The predicted octanol–water partition coefficient (Wildman–Crippen LogP) is 1.43. The molecule has 1 saturated carbocycles. The maximum atomic E-state index is 13.5. The summed E-state index contributed by atoms with van der Waals surface area (Å²) in [7, 11) is 1.34. The van der Waals surface area contributed by atoms with E-state index in [-0.39, 0.29) is 24.3 Å². The molecule has 28 heavy (non-hydrogen) atoms. The second-order valence-electron chi connectivity index (χ2n) is 8.16. The van der Waals surface area contributed by atoms with Crippen molar-refractivity contribution in [2.45, 2.75) is 43.4 Å². The second-order valence-corrected chi connectivity index (χ2v) is 8.16. The fourth-order valence-corrected chi connectivity index (χ4v) is 6.45. The summed E-state index contributed by atoms with van der Waals surface area (Å²) in [5.41, 5.74) is -0.851. The van der Waals surface area contributed by atoms with Crippen molar-refractivity contribution in [2.24, 2.45) is 11.3 Å². The van der Waals surface area contributed by atoms with Gasteiger partial charge in [-0.15, -0.1) is 0 Å². The number of fused-ring (bicyclic) bond motifs is 3. The number of rotatable bonds is 3. The number of ether oxygens (including phenoxy) is 2. The first-order valence-electron chi connectivity index (χ1n) is 9.74. The quantitative estimate of drug-likeness (QED) is 0.679. The zero-order valence-electron chi connectivity index (χ0n) is 16.0. The van der Waals surface area contributed by atoms with E-state index in [9.17, 15) is 14.7 Å². The van der Waals surface area contributed by atoms with Crippen LogP contribution in [-0.4, -0.2) is 42.5 Å². The summed E-state index contributed by atoms with van der Waals surface area (Å²) in [6, 6.07) is 7.42. The summed E-state index contributed by atoms with van der Waals surface area (Å²) in [5.74, 6) is -1.13. The summed E-state index contributed by atoms with van der Waals surface area (Å²) in [5, 5.41) is 17.7. The van der Waals surface area contributed by atoms with E-state index in [0.717, 1.165) is 23.2 Å². The van der Waals surface area contributed by atoms with Crippen LogP contribution in [0.5, 0.6) is 0 Å². The number of allylic oxidation sites excluding steroid dienone is 1. The lowest BCUT2D eigenvalue weighted by molar-refractivity contribution is -0.192. The van der Waals surface area contributed by atoms with Crippen LogP contribution in [0.2, 0.25) is 0 Å². The molecular weight excluding hydrogens is 360 g/mol. The number of hydrogen-bond donors (Lipinski definition) is 3. The van der Waals surface area contributed by atoms with Gasteiger partial charge in [-0.25, -0.2) is 0 Å². The van der Waals surface area contributed by atoms with Crippen molar-refractivity contribution in [3.05, 3.63) is 41.6 Å². The van der Waals surface area contributed by atoms with Gasteiger partial charge in [-0.05, 0) is 30.7 Å². The number of benzene rings is 1. The van der Waals surface area contributed by atoms with Crippen molar-refractivity contribution in [3.8, 4) is 0 Å². The summed E-state index contributed by atoms with van der Waals surface area (Å²) in [6.45, 7) is 1.60. The molecule has 7 heteroatoms. The van der Waals surface area contributed by atoms with Gasteiger partial charge in [0.15, 0.2) is 0 Å². The lowest BCUT2D eigenvalue weighted by Crippen LogP contribution is -2.76. The van der Waals surface area contributed by atoms with Crippen molar-refractivity contribution < 1.29 is 24.2 Å². The highest BCUT2D eigenvalue weighted by molar-refractivity contribution is 5.90. The Labute approximate surface area is 163 Å². The molecule has 0 aromatic heterocycles. The number of esters is 2. The first-order chi connectivity index (χ1) is 13.5. The topological polar surface area (TPSA) is 96.9 Å². The molecule has 2 bridgehead atoms. The number of carbonyl (C=O) groups is 2. The van der Waals surface area contributed by atoms with E-state index < -0.39 is 29.1 Å². The molecule has 1 aromatic carbocycles. The fourth-order valence-electron chi connectivity index (χ4n) is 6.45. The molecule has 0 unspecified atom stereocenters. The van der Waals surface area contributed by atoms with Crippen LogP contribution in [0.1, 0.15) is 31.7 Å². The number of methoxy groups -OCH3 is 1. The predicted molar refractivity (Wildman–Crippen MR) is 100 cm³/mol. The molecule has 7 nitrogen and oxygen atoms in total. The molecule has 3 N–H and O–H groups in total. The Morgan fingerprint density at radius 2 is 2.18 bits per heavy atom. The first kappa shape index (κ1) is 17.6. The van der Waals surface area contributed by atoms with Crippen LogP contribution in [-0.2, 0) is 24.5 Å². The highest BCUT2D eigenvalue weighted by Gasteiger charge is 2.83. The second kappa shape index (κ2) is 5.50. The molecule has 1 saturated heterocycles. The lowest BCUT2D eigenvalue weighted by Gasteiger charge is -2.61. The number of hydrogen-bond acceptors (Lipinski definition) is 7.